The first-order chi connectivity index (χ1) is 15.6. The third-order valence-corrected chi connectivity index (χ3v) is 5.35. The minimum atomic E-state index is -0.361. The van der Waals surface area contributed by atoms with Crippen molar-refractivity contribution in [2.75, 3.05) is 13.2 Å². The molecule has 0 unspecified atom stereocenters. The van der Waals surface area contributed by atoms with Crippen LogP contribution < -0.4 is 10.1 Å². The molecule has 0 radical (unpaired) electrons. The Morgan fingerprint density at radius 3 is 2.56 bits per heavy atom. The molecule has 0 saturated carbocycles. The molecule has 5 nitrogen and oxygen atoms in total. The number of aromatic nitrogens is 2. The highest BCUT2D eigenvalue weighted by molar-refractivity contribution is 6.30. The second kappa shape index (κ2) is 10.3. The Labute approximate surface area is 190 Å². The molecule has 3 aromatic carbocycles. The smallest absolute Gasteiger partial charge is 0.251 e. The van der Waals surface area contributed by atoms with Crippen LogP contribution in [0.3, 0.4) is 0 Å². The molecule has 0 aliphatic heterocycles. The van der Waals surface area contributed by atoms with Gasteiger partial charge in [-0.15, -0.1) is 0 Å². The Hall–Kier alpha value is -3.38. The van der Waals surface area contributed by atoms with E-state index >= 15 is 0 Å². The number of hydrogen-bond acceptors (Lipinski definition) is 3. The number of carbonyl (C=O) groups is 1. The molecule has 7 heteroatoms. The number of halogens is 2. The number of amides is 1. The number of nitrogens with one attached hydrogen (secondary N) is 1. The van der Waals surface area contributed by atoms with Crippen molar-refractivity contribution in [3.63, 3.8) is 0 Å². The average molecular weight is 452 g/mol. The highest BCUT2D eigenvalue weighted by Gasteiger charge is 2.11. The zero-order valence-electron chi connectivity index (χ0n) is 17.4. The first kappa shape index (κ1) is 21.8. The van der Waals surface area contributed by atoms with Crippen molar-refractivity contribution < 1.29 is 13.9 Å². The van der Waals surface area contributed by atoms with Crippen LogP contribution in [0.1, 0.15) is 22.6 Å². The van der Waals surface area contributed by atoms with Gasteiger partial charge in [0.25, 0.3) is 5.91 Å². The second-order valence-electron chi connectivity index (χ2n) is 7.34. The average Bonchev–Trinajstić information content (AvgIpc) is 3.16. The summed E-state index contributed by atoms with van der Waals surface area (Å²) >= 11 is 5.92. The largest absolute Gasteiger partial charge is 0.492 e. The summed E-state index contributed by atoms with van der Waals surface area (Å²) in [6.07, 6.45) is 1.44. The Morgan fingerprint density at radius 1 is 1.03 bits per heavy atom. The lowest BCUT2D eigenvalue weighted by Crippen LogP contribution is -2.25. The van der Waals surface area contributed by atoms with Crippen molar-refractivity contribution in [2.24, 2.45) is 0 Å². The van der Waals surface area contributed by atoms with Crippen molar-refractivity contribution in [3.8, 4) is 5.75 Å². The van der Waals surface area contributed by atoms with Crippen molar-refractivity contribution in [1.82, 2.24) is 14.9 Å². The highest BCUT2D eigenvalue weighted by atomic mass is 35.5. The molecule has 164 valence electrons. The van der Waals surface area contributed by atoms with Crippen LogP contribution in [0.4, 0.5) is 4.39 Å². The van der Waals surface area contributed by atoms with E-state index in [0.717, 1.165) is 29.0 Å². The van der Waals surface area contributed by atoms with Gasteiger partial charge in [0.2, 0.25) is 0 Å². The normalized spacial score (nSPS) is 10.9. The maximum absolute atomic E-state index is 13.0. The molecule has 0 fully saturated rings. The van der Waals surface area contributed by atoms with E-state index in [0.29, 0.717) is 36.7 Å². The first-order valence-electron chi connectivity index (χ1n) is 10.5. The molecule has 0 spiro atoms. The van der Waals surface area contributed by atoms with Crippen molar-refractivity contribution >= 4 is 28.5 Å². The second-order valence-corrected chi connectivity index (χ2v) is 7.77. The quantitative estimate of drug-likeness (QED) is 0.353. The first-order valence-corrected chi connectivity index (χ1v) is 10.8. The molecule has 4 rings (SSSR count). The lowest BCUT2D eigenvalue weighted by Gasteiger charge is -2.11. The fourth-order valence-corrected chi connectivity index (χ4v) is 3.63. The predicted molar refractivity (Wildman–Crippen MR) is 124 cm³/mol. The number of ether oxygens (including phenoxy) is 1. The van der Waals surface area contributed by atoms with Gasteiger partial charge in [0.05, 0.1) is 17.6 Å². The molecule has 0 saturated heterocycles. The molecule has 0 aliphatic carbocycles. The monoisotopic (exact) mass is 451 g/mol. The summed E-state index contributed by atoms with van der Waals surface area (Å²) in [5, 5.41) is 3.55. The Morgan fingerprint density at radius 2 is 1.78 bits per heavy atom. The standard InChI is InChI=1S/C25H23ClFN3O2/c26-19-9-13-21(14-10-19)32-17-16-30-23-5-2-1-4-22(23)29-24(30)6-3-15-28-25(31)18-7-11-20(27)12-8-18/h1-2,4-5,7-14H,3,6,15-17H2,(H,28,31). The lowest BCUT2D eigenvalue weighted by molar-refractivity contribution is 0.0953. The highest BCUT2D eigenvalue weighted by Crippen LogP contribution is 2.19. The Kier molecular flexibility index (Phi) is 7.02. The molecule has 0 aliphatic rings. The molecule has 1 heterocycles. The third-order valence-electron chi connectivity index (χ3n) is 5.10. The summed E-state index contributed by atoms with van der Waals surface area (Å²) < 4.78 is 21.0. The molecule has 32 heavy (non-hydrogen) atoms. The molecule has 4 aromatic rings. The van der Waals surface area contributed by atoms with Crippen molar-refractivity contribution in [2.45, 2.75) is 19.4 Å². The van der Waals surface area contributed by atoms with Crippen LogP contribution in [0.2, 0.25) is 5.02 Å². The number of benzene rings is 3. The number of hydrogen-bond donors (Lipinski definition) is 1. The van der Waals surface area contributed by atoms with Crippen LogP contribution in [-0.4, -0.2) is 28.6 Å². The van der Waals surface area contributed by atoms with E-state index in [9.17, 15) is 9.18 Å². The van der Waals surface area contributed by atoms with E-state index in [1.807, 2.05) is 36.4 Å². The molecular formula is C25H23ClFN3O2. The van der Waals surface area contributed by atoms with Gasteiger partial charge in [0.1, 0.15) is 24.0 Å². The van der Waals surface area contributed by atoms with Gasteiger partial charge in [-0.1, -0.05) is 23.7 Å². The minimum Gasteiger partial charge on any atom is -0.492 e. The summed E-state index contributed by atoms with van der Waals surface area (Å²) in [6.45, 7) is 1.65. The maximum Gasteiger partial charge on any atom is 0.251 e. The zero-order chi connectivity index (χ0) is 22.3. The van der Waals surface area contributed by atoms with E-state index < -0.39 is 0 Å². The van der Waals surface area contributed by atoms with Gasteiger partial charge < -0.3 is 14.6 Å². The third kappa shape index (κ3) is 5.45. The summed E-state index contributed by atoms with van der Waals surface area (Å²) in [6, 6.07) is 20.8. The van der Waals surface area contributed by atoms with Crippen LogP contribution in [-0.2, 0) is 13.0 Å². The Balaban J connectivity index is 1.35. The van der Waals surface area contributed by atoms with E-state index in [4.69, 9.17) is 21.3 Å². The summed E-state index contributed by atoms with van der Waals surface area (Å²) in [7, 11) is 0. The van der Waals surface area contributed by atoms with Crippen LogP contribution in [0.15, 0.2) is 72.8 Å². The number of aryl methyl sites for hydroxylation is 1. The minimum absolute atomic E-state index is 0.213. The molecule has 0 atom stereocenters. The molecular weight excluding hydrogens is 429 g/mol. The van der Waals surface area contributed by atoms with E-state index in [2.05, 4.69) is 9.88 Å². The van der Waals surface area contributed by atoms with E-state index in [1.54, 1.807) is 12.1 Å². The van der Waals surface area contributed by atoms with Crippen LogP contribution in [0, 0.1) is 5.82 Å². The summed E-state index contributed by atoms with van der Waals surface area (Å²) in [4.78, 5) is 17.0. The van der Waals surface area contributed by atoms with Gasteiger partial charge >= 0.3 is 0 Å². The van der Waals surface area contributed by atoms with Gasteiger partial charge in [-0.25, -0.2) is 9.37 Å². The van der Waals surface area contributed by atoms with Gasteiger partial charge in [0, 0.05) is 23.6 Å². The number of carbonyl (C=O) groups excluding carboxylic acids is 1. The SMILES string of the molecule is O=C(NCCCc1nc2ccccc2n1CCOc1ccc(Cl)cc1)c1ccc(F)cc1. The topological polar surface area (TPSA) is 56.2 Å². The van der Waals surface area contributed by atoms with Crippen LogP contribution in [0.5, 0.6) is 5.75 Å². The number of rotatable bonds is 9. The van der Waals surface area contributed by atoms with E-state index in [-0.39, 0.29) is 11.7 Å². The number of para-hydroxylation sites is 2. The number of fused-ring (bicyclic) bond motifs is 1. The van der Waals surface area contributed by atoms with Crippen molar-refractivity contribution in [1.29, 1.82) is 0 Å². The summed E-state index contributed by atoms with van der Waals surface area (Å²) in [5.74, 6) is 1.14. The van der Waals surface area contributed by atoms with E-state index in [1.165, 1.54) is 24.3 Å². The van der Waals surface area contributed by atoms with Gasteiger partial charge in [-0.3, -0.25) is 4.79 Å². The molecule has 1 N–H and O–H groups in total. The Bertz CT molecular complexity index is 1190. The van der Waals surface area contributed by atoms with Crippen LogP contribution >= 0.6 is 11.6 Å². The van der Waals surface area contributed by atoms with Crippen LogP contribution in [0.25, 0.3) is 11.0 Å². The fraction of sp³-hybridized carbons (Fsp3) is 0.200. The number of nitrogens with zero attached hydrogens (tertiary/aromatic N) is 2. The zero-order valence-corrected chi connectivity index (χ0v) is 18.2. The van der Waals surface area contributed by atoms with Gasteiger partial charge in [0.15, 0.2) is 0 Å². The van der Waals surface area contributed by atoms with Gasteiger partial charge in [-0.05, 0) is 67.1 Å². The van der Waals surface area contributed by atoms with Gasteiger partial charge in [-0.2, -0.15) is 0 Å². The maximum atomic E-state index is 13.0. The molecule has 1 aromatic heterocycles. The van der Waals surface area contributed by atoms with Crippen molar-refractivity contribution in [3.05, 3.63) is 95.0 Å². The molecule has 1 amide bonds. The molecule has 0 bridgehead atoms. The predicted octanol–water partition coefficient (Wildman–Crippen LogP) is 5.27. The number of imidazole rings is 1. The lowest BCUT2D eigenvalue weighted by atomic mass is 10.2. The fourth-order valence-electron chi connectivity index (χ4n) is 3.50. The summed E-state index contributed by atoms with van der Waals surface area (Å²) in [5.41, 5.74) is 2.43.